The third-order valence-electron chi connectivity index (χ3n) is 6.04. The van der Waals surface area contributed by atoms with Gasteiger partial charge in [-0.2, -0.15) is 0 Å². The number of hydrogen-bond acceptors (Lipinski definition) is 4. The highest BCUT2D eigenvalue weighted by Gasteiger charge is 2.33. The molecule has 3 aromatic carbocycles. The Morgan fingerprint density at radius 1 is 0.921 bits per heavy atom. The van der Waals surface area contributed by atoms with E-state index < -0.39 is 28.5 Å². The van der Waals surface area contributed by atoms with Crippen molar-refractivity contribution in [1.29, 1.82) is 0 Å². The van der Waals surface area contributed by atoms with Crippen molar-refractivity contribution in [2.24, 2.45) is 0 Å². The van der Waals surface area contributed by atoms with Crippen LogP contribution in [0.4, 0.5) is 5.69 Å². The van der Waals surface area contributed by atoms with Crippen LogP contribution in [-0.2, 0) is 26.2 Å². The van der Waals surface area contributed by atoms with Crippen LogP contribution in [0.15, 0.2) is 77.7 Å². The van der Waals surface area contributed by atoms with Gasteiger partial charge in [-0.3, -0.25) is 13.9 Å². The Hall–Kier alpha value is -3.07. The topological polar surface area (TPSA) is 86.8 Å². The molecule has 0 aliphatic rings. The molecule has 0 spiro atoms. The van der Waals surface area contributed by atoms with Crippen molar-refractivity contribution in [3.05, 3.63) is 94.0 Å². The van der Waals surface area contributed by atoms with E-state index in [1.165, 1.54) is 17.0 Å². The van der Waals surface area contributed by atoms with Crippen LogP contribution in [0, 0.1) is 6.92 Å². The lowest BCUT2D eigenvalue weighted by atomic mass is 10.1. The number of aryl methyl sites for hydroxylation is 1. The maximum atomic E-state index is 13.9. The summed E-state index contributed by atoms with van der Waals surface area (Å²) in [7, 11) is -4.11. The van der Waals surface area contributed by atoms with Gasteiger partial charge in [0.2, 0.25) is 11.8 Å². The number of nitrogens with one attached hydrogen (secondary N) is 1. The molecule has 2 amide bonds. The first-order valence-corrected chi connectivity index (χ1v) is 14.4. The van der Waals surface area contributed by atoms with E-state index in [1.54, 1.807) is 67.6 Å². The first-order valence-electron chi connectivity index (χ1n) is 12.2. The number of benzene rings is 3. The van der Waals surface area contributed by atoms with E-state index in [0.717, 1.165) is 16.3 Å². The Morgan fingerprint density at radius 2 is 1.53 bits per heavy atom. The highest BCUT2D eigenvalue weighted by Crippen LogP contribution is 2.28. The van der Waals surface area contributed by atoms with Gasteiger partial charge in [0.05, 0.1) is 10.6 Å². The Bertz CT molecular complexity index is 1350. The van der Waals surface area contributed by atoms with E-state index >= 15 is 0 Å². The minimum absolute atomic E-state index is 0.0443. The molecule has 0 aliphatic carbocycles. The number of sulfonamides is 1. The molecule has 3 rings (SSSR count). The van der Waals surface area contributed by atoms with E-state index in [2.05, 4.69) is 5.32 Å². The summed E-state index contributed by atoms with van der Waals surface area (Å²) in [5, 5.41) is 3.47. The lowest BCUT2D eigenvalue weighted by molar-refractivity contribution is -0.139. The van der Waals surface area contributed by atoms with E-state index in [0.29, 0.717) is 27.8 Å². The van der Waals surface area contributed by atoms with Crippen LogP contribution in [0.5, 0.6) is 0 Å². The van der Waals surface area contributed by atoms with Gasteiger partial charge in [-0.15, -0.1) is 0 Å². The Kier molecular flexibility index (Phi) is 10.2. The smallest absolute Gasteiger partial charge is 0.264 e. The summed E-state index contributed by atoms with van der Waals surface area (Å²) in [5.41, 5.74) is 1.73. The predicted molar refractivity (Wildman–Crippen MR) is 152 cm³/mol. The van der Waals surface area contributed by atoms with Gasteiger partial charge in [0, 0.05) is 28.7 Å². The first-order chi connectivity index (χ1) is 18.1. The van der Waals surface area contributed by atoms with Crippen molar-refractivity contribution in [1.82, 2.24) is 10.2 Å². The number of amides is 2. The number of carbonyl (C=O) groups is 2. The molecule has 0 heterocycles. The number of carbonyl (C=O) groups excluding carboxylic acids is 2. The van der Waals surface area contributed by atoms with Crippen LogP contribution in [0.3, 0.4) is 0 Å². The SMILES string of the molecule is CCCNC(=O)C(C)N(Cc1c(Cl)cccc1Cl)C(=O)CN(c1ccc(C)cc1)S(=O)(=O)c1ccccc1. The molecule has 0 aliphatic heterocycles. The van der Waals surface area contributed by atoms with Crippen molar-refractivity contribution in [2.75, 3.05) is 17.4 Å². The molecule has 38 heavy (non-hydrogen) atoms. The van der Waals surface area contributed by atoms with Crippen molar-refractivity contribution in [3.8, 4) is 0 Å². The van der Waals surface area contributed by atoms with Gasteiger partial charge >= 0.3 is 0 Å². The molecule has 1 unspecified atom stereocenters. The quantitative estimate of drug-likeness (QED) is 0.330. The molecule has 0 saturated heterocycles. The zero-order valence-corrected chi connectivity index (χ0v) is 23.9. The fourth-order valence-corrected chi connectivity index (χ4v) is 5.74. The van der Waals surface area contributed by atoms with Crippen LogP contribution < -0.4 is 9.62 Å². The predicted octanol–water partition coefficient (Wildman–Crippen LogP) is 5.44. The van der Waals surface area contributed by atoms with Crippen molar-refractivity contribution >= 4 is 50.7 Å². The van der Waals surface area contributed by atoms with Gasteiger partial charge in [0.15, 0.2) is 0 Å². The second-order valence-corrected chi connectivity index (χ2v) is 11.5. The van der Waals surface area contributed by atoms with Gasteiger partial charge in [-0.05, 0) is 56.7 Å². The Labute approximate surface area is 234 Å². The molecular weight excluding hydrogens is 545 g/mol. The molecule has 202 valence electrons. The maximum Gasteiger partial charge on any atom is 0.264 e. The third kappa shape index (κ3) is 7.07. The van der Waals surface area contributed by atoms with Gasteiger partial charge in [0.1, 0.15) is 12.6 Å². The van der Waals surface area contributed by atoms with Crippen LogP contribution in [0.1, 0.15) is 31.4 Å². The first kappa shape index (κ1) is 29.5. The molecule has 0 bridgehead atoms. The van der Waals surface area contributed by atoms with Crippen LogP contribution in [0.2, 0.25) is 10.0 Å². The van der Waals surface area contributed by atoms with Gasteiger partial charge in [-0.25, -0.2) is 8.42 Å². The van der Waals surface area contributed by atoms with Crippen LogP contribution in [0.25, 0.3) is 0 Å². The van der Waals surface area contributed by atoms with Gasteiger partial charge in [-0.1, -0.05) is 72.1 Å². The summed E-state index contributed by atoms with van der Waals surface area (Å²) in [6.45, 7) is 5.23. The second kappa shape index (κ2) is 13.1. The third-order valence-corrected chi connectivity index (χ3v) is 8.53. The molecule has 0 fully saturated rings. The summed E-state index contributed by atoms with van der Waals surface area (Å²) >= 11 is 12.8. The maximum absolute atomic E-state index is 13.9. The molecule has 7 nitrogen and oxygen atoms in total. The highest BCUT2D eigenvalue weighted by atomic mass is 35.5. The van der Waals surface area contributed by atoms with E-state index in [-0.39, 0.29) is 17.3 Å². The lowest BCUT2D eigenvalue weighted by Gasteiger charge is -2.32. The average molecular weight is 577 g/mol. The minimum Gasteiger partial charge on any atom is -0.354 e. The summed E-state index contributed by atoms with van der Waals surface area (Å²) in [6, 6.07) is 18.8. The second-order valence-electron chi connectivity index (χ2n) is 8.85. The number of nitrogens with zero attached hydrogens (tertiary/aromatic N) is 2. The summed E-state index contributed by atoms with van der Waals surface area (Å²) in [5.74, 6) is -0.948. The number of rotatable bonds is 11. The standard InChI is InChI=1S/C28H31Cl2N3O4S/c1-4-17-31-28(35)21(3)32(18-24-25(29)11-8-12-26(24)30)27(34)19-33(22-15-13-20(2)14-16-22)38(36,37)23-9-6-5-7-10-23/h5-16,21H,4,17-19H2,1-3H3,(H,31,35). The summed E-state index contributed by atoms with van der Waals surface area (Å²) < 4.78 is 28.5. The number of halogens is 2. The molecule has 0 saturated carbocycles. The molecule has 0 radical (unpaired) electrons. The molecule has 0 aromatic heterocycles. The zero-order valence-electron chi connectivity index (χ0n) is 21.5. The normalized spacial score (nSPS) is 12.0. The molecule has 1 atom stereocenters. The van der Waals surface area contributed by atoms with E-state index in [1.807, 2.05) is 13.8 Å². The highest BCUT2D eigenvalue weighted by molar-refractivity contribution is 7.92. The van der Waals surface area contributed by atoms with Crippen molar-refractivity contribution in [3.63, 3.8) is 0 Å². The van der Waals surface area contributed by atoms with Crippen LogP contribution in [-0.4, -0.2) is 44.3 Å². The molecule has 1 N–H and O–H groups in total. The number of hydrogen-bond donors (Lipinski definition) is 1. The van der Waals surface area contributed by atoms with E-state index in [4.69, 9.17) is 23.2 Å². The summed E-state index contributed by atoms with van der Waals surface area (Å²) in [6.07, 6.45) is 0.721. The Balaban J connectivity index is 2.04. The number of anilines is 1. The Morgan fingerprint density at radius 3 is 2.11 bits per heavy atom. The van der Waals surface area contributed by atoms with Crippen molar-refractivity contribution < 1.29 is 18.0 Å². The fourth-order valence-electron chi connectivity index (χ4n) is 3.79. The summed E-state index contributed by atoms with van der Waals surface area (Å²) in [4.78, 5) is 28.1. The lowest BCUT2D eigenvalue weighted by Crippen LogP contribution is -2.51. The van der Waals surface area contributed by atoms with E-state index in [9.17, 15) is 18.0 Å². The molecule has 10 heteroatoms. The zero-order chi connectivity index (χ0) is 27.9. The minimum atomic E-state index is -4.11. The molecule has 3 aromatic rings. The monoisotopic (exact) mass is 575 g/mol. The fraction of sp³-hybridized carbons (Fsp3) is 0.286. The van der Waals surface area contributed by atoms with Crippen molar-refractivity contribution in [2.45, 2.75) is 44.7 Å². The largest absolute Gasteiger partial charge is 0.354 e. The molecular formula is C28H31Cl2N3O4S. The average Bonchev–Trinajstić information content (AvgIpc) is 2.90. The van der Waals surface area contributed by atoms with Gasteiger partial charge in [0.25, 0.3) is 10.0 Å². The van der Waals surface area contributed by atoms with Crippen LogP contribution >= 0.6 is 23.2 Å². The van der Waals surface area contributed by atoms with Gasteiger partial charge < -0.3 is 10.2 Å².